The van der Waals surface area contributed by atoms with Crippen LogP contribution in [-0.4, -0.2) is 96.2 Å². The number of ether oxygens (including phenoxy) is 1. The molecule has 0 saturated carbocycles. The van der Waals surface area contributed by atoms with E-state index >= 15 is 0 Å². The van der Waals surface area contributed by atoms with Gasteiger partial charge in [-0.2, -0.15) is 5.10 Å². The lowest BCUT2D eigenvalue weighted by atomic mass is 9.99. The van der Waals surface area contributed by atoms with Gasteiger partial charge in [-0.15, -0.1) is 5.10 Å². The molecular formula is C20H32N8O4. The molecule has 12 nitrogen and oxygen atoms in total. The maximum atomic E-state index is 13.2. The van der Waals surface area contributed by atoms with Gasteiger partial charge in [-0.1, -0.05) is 6.42 Å². The number of carboxylic acid groups (broad SMARTS) is 1. The second-order valence-electron chi connectivity index (χ2n) is 8.05. The van der Waals surface area contributed by atoms with Gasteiger partial charge in [-0.25, -0.2) is 4.68 Å². The fourth-order valence-electron chi connectivity index (χ4n) is 4.35. The minimum Gasteiger partial charge on any atom is -0.483 e. The summed E-state index contributed by atoms with van der Waals surface area (Å²) in [4.78, 5) is 26.0. The van der Waals surface area contributed by atoms with Gasteiger partial charge in [0, 0.05) is 38.3 Å². The van der Waals surface area contributed by atoms with Crippen LogP contribution in [0, 0.1) is 6.92 Å². The van der Waals surface area contributed by atoms with Gasteiger partial charge in [0.2, 0.25) is 5.91 Å². The Morgan fingerprint density at radius 3 is 2.66 bits per heavy atom. The quantitative estimate of drug-likeness (QED) is 0.618. The van der Waals surface area contributed by atoms with Crippen molar-refractivity contribution in [3.05, 3.63) is 23.8 Å². The van der Waals surface area contributed by atoms with E-state index in [0.717, 1.165) is 25.2 Å². The average Bonchev–Trinajstić information content (AvgIpc) is 3.41. The molecule has 0 radical (unpaired) electrons. The lowest BCUT2D eigenvalue weighted by Gasteiger charge is -2.43. The highest BCUT2D eigenvalue weighted by Crippen LogP contribution is 2.31. The summed E-state index contributed by atoms with van der Waals surface area (Å²) >= 11 is 0. The molecule has 1 N–H and O–H groups in total. The predicted octanol–water partition coefficient (Wildman–Crippen LogP) is 0.261. The maximum Gasteiger partial charge on any atom is 0.290 e. The first-order valence-corrected chi connectivity index (χ1v) is 11.0. The van der Waals surface area contributed by atoms with Crippen LogP contribution >= 0.6 is 0 Å². The van der Waals surface area contributed by atoms with Gasteiger partial charge < -0.3 is 19.6 Å². The van der Waals surface area contributed by atoms with Gasteiger partial charge in [-0.05, 0) is 43.3 Å². The summed E-state index contributed by atoms with van der Waals surface area (Å²) in [5.41, 5.74) is 1.03. The van der Waals surface area contributed by atoms with Crippen molar-refractivity contribution in [1.29, 1.82) is 0 Å². The Balaban J connectivity index is 0.000000913. The normalized spacial score (nSPS) is 21.6. The molecule has 2 aromatic rings. The first-order valence-electron chi connectivity index (χ1n) is 11.0. The van der Waals surface area contributed by atoms with E-state index in [9.17, 15) is 4.79 Å². The van der Waals surface area contributed by atoms with Gasteiger partial charge >= 0.3 is 0 Å². The Bertz CT molecular complexity index is 863. The van der Waals surface area contributed by atoms with Gasteiger partial charge in [0.15, 0.2) is 0 Å². The monoisotopic (exact) mass is 448 g/mol. The van der Waals surface area contributed by atoms with Gasteiger partial charge in [0.25, 0.3) is 6.47 Å². The molecule has 2 aliphatic rings. The SMILES string of the molecule is Cc1nnnn1CCC(=O)N1CCO[C@@H](CN2CCCCC2)[C@@H]1c1cnn(C)c1.O=CO. The standard InChI is InChI=1S/C19H30N8O2.CH2O2/c1-15-21-22-23-27(15)9-6-18(28)26-10-11-29-17(14-25-7-4-3-5-8-25)19(26)16-12-20-24(2)13-16;2-1-3/h12-13,17,19H,3-11,14H2,1-2H3;1H,(H,2,3)/t17-,19-;/m0./s1. The lowest BCUT2D eigenvalue weighted by Crippen LogP contribution is -2.52. The Kier molecular flexibility index (Phi) is 8.68. The van der Waals surface area contributed by atoms with E-state index < -0.39 is 0 Å². The number of likely N-dealkylation sites (tertiary alicyclic amines) is 1. The third-order valence-corrected chi connectivity index (χ3v) is 5.87. The molecule has 0 bridgehead atoms. The fourth-order valence-corrected chi connectivity index (χ4v) is 4.35. The molecule has 2 saturated heterocycles. The smallest absolute Gasteiger partial charge is 0.290 e. The van der Waals surface area contributed by atoms with E-state index in [1.807, 2.05) is 31.3 Å². The van der Waals surface area contributed by atoms with Crippen molar-refractivity contribution >= 4 is 12.4 Å². The number of aryl methyl sites for hydroxylation is 3. The number of tetrazole rings is 1. The highest BCUT2D eigenvalue weighted by molar-refractivity contribution is 5.77. The van der Waals surface area contributed by atoms with E-state index in [2.05, 4.69) is 25.5 Å². The molecule has 32 heavy (non-hydrogen) atoms. The largest absolute Gasteiger partial charge is 0.483 e. The number of morpholine rings is 1. The number of carbonyl (C=O) groups is 2. The topological polar surface area (TPSA) is 131 Å². The molecule has 2 aliphatic heterocycles. The van der Waals surface area contributed by atoms with Crippen LogP contribution in [0.3, 0.4) is 0 Å². The van der Waals surface area contributed by atoms with E-state index in [1.54, 1.807) is 9.36 Å². The summed E-state index contributed by atoms with van der Waals surface area (Å²) in [5, 5.41) is 22.7. The molecule has 12 heteroatoms. The summed E-state index contributed by atoms with van der Waals surface area (Å²) in [6.45, 7) is 6.26. The fraction of sp³-hybridized carbons (Fsp3) is 0.700. The summed E-state index contributed by atoms with van der Waals surface area (Å²) in [6, 6.07) is -0.123. The van der Waals surface area contributed by atoms with Crippen molar-refractivity contribution in [2.24, 2.45) is 7.05 Å². The highest BCUT2D eigenvalue weighted by Gasteiger charge is 2.38. The zero-order valence-corrected chi connectivity index (χ0v) is 18.7. The first kappa shape index (κ1) is 23.8. The summed E-state index contributed by atoms with van der Waals surface area (Å²) in [7, 11) is 1.90. The Hall–Kier alpha value is -2.86. The third kappa shape index (κ3) is 6.10. The molecule has 0 aliphatic carbocycles. The number of amides is 1. The van der Waals surface area contributed by atoms with Crippen molar-refractivity contribution in [2.45, 2.75) is 51.3 Å². The van der Waals surface area contributed by atoms with Crippen molar-refractivity contribution in [3.8, 4) is 0 Å². The molecule has 4 heterocycles. The minimum atomic E-state index is -0.250. The van der Waals surface area contributed by atoms with Crippen molar-refractivity contribution in [1.82, 2.24) is 39.8 Å². The van der Waals surface area contributed by atoms with E-state index in [1.165, 1.54) is 19.3 Å². The van der Waals surface area contributed by atoms with Gasteiger partial charge in [0.05, 0.1) is 31.5 Å². The molecule has 0 spiro atoms. The van der Waals surface area contributed by atoms with Crippen LogP contribution in [0.1, 0.15) is 43.1 Å². The molecule has 2 fully saturated rings. The van der Waals surface area contributed by atoms with E-state index in [0.29, 0.717) is 31.9 Å². The van der Waals surface area contributed by atoms with E-state index in [-0.39, 0.29) is 24.5 Å². The molecule has 2 atom stereocenters. The van der Waals surface area contributed by atoms with Crippen LogP contribution < -0.4 is 0 Å². The second kappa shape index (κ2) is 11.7. The summed E-state index contributed by atoms with van der Waals surface area (Å²) in [6.07, 6.45) is 7.93. The second-order valence-corrected chi connectivity index (χ2v) is 8.05. The number of aromatic nitrogens is 6. The molecule has 0 aromatic carbocycles. The van der Waals surface area contributed by atoms with Crippen LogP contribution in [0.4, 0.5) is 0 Å². The number of rotatable bonds is 6. The number of hydrogen-bond donors (Lipinski definition) is 1. The van der Waals surface area contributed by atoms with Crippen LogP contribution in [0.5, 0.6) is 0 Å². The first-order chi connectivity index (χ1) is 15.5. The Morgan fingerprint density at radius 1 is 1.28 bits per heavy atom. The van der Waals surface area contributed by atoms with Crippen molar-refractivity contribution < 1.29 is 19.4 Å². The number of hydrogen-bond acceptors (Lipinski definition) is 8. The Morgan fingerprint density at radius 2 is 2.03 bits per heavy atom. The van der Waals surface area contributed by atoms with Crippen molar-refractivity contribution in [3.63, 3.8) is 0 Å². The molecule has 0 unspecified atom stereocenters. The zero-order chi connectivity index (χ0) is 22.9. The predicted molar refractivity (Wildman–Crippen MR) is 114 cm³/mol. The molecule has 2 aromatic heterocycles. The van der Waals surface area contributed by atoms with Crippen LogP contribution in [0.2, 0.25) is 0 Å². The number of nitrogens with zero attached hydrogens (tertiary/aromatic N) is 8. The van der Waals surface area contributed by atoms with Crippen molar-refractivity contribution in [2.75, 3.05) is 32.8 Å². The number of carbonyl (C=O) groups excluding carboxylic acids is 1. The van der Waals surface area contributed by atoms with Crippen LogP contribution in [-0.2, 0) is 27.9 Å². The molecule has 1 amide bonds. The zero-order valence-electron chi connectivity index (χ0n) is 18.7. The molecule has 4 rings (SSSR count). The molecule has 176 valence electrons. The van der Waals surface area contributed by atoms with Crippen LogP contribution in [0.15, 0.2) is 12.4 Å². The highest BCUT2D eigenvalue weighted by atomic mass is 16.5. The maximum absolute atomic E-state index is 13.2. The lowest BCUT2D eigenvalue weighted by molar-refractivity contribution is -0.149. The summed E-state index contributed by atoms with van der Waals surface area (Å²) in [5.74, 6) is 0.812. The Labute approximate surface area is 187 Å². The van der Waals surface area contributed by atoms with Gasteiger partial charge in [0.1, 0.15) is 5.82 Å². The third-order valence-electron chi connectivity index (χ3n) is 5.87. The average molecular weight is 449 g/mol. The summed E-state index contributed by atoms with van der Waals surface area (Å²) < 4.78 is 9.65. The van der Waals surface area contributed by atoms with E-state index in [4.69, 9.17) is 14.6 Å². The molecular weight excluding hydrogens is 416 g/mol. The van der Waals surface area contributed by atoms with Crippen LogP contribution in [0.25, 0.3) is 0 Å². The minimum absolute atomic E-state index is 0.0511. The number of piperidine rings is 1. The van der Waals surface area contributed by atoms with Gasteiger partial charge in [-0.3, -0.25) is 14.3 Å².